The van der Waals surface area contributed by atoms with E-state index in [1.165, 1.54) is 15.3 Å². The minimum atomic E-state index is -0.0426. The summed E-state index contributed by atoms with van der Waals surface area (Å²) >= 11 is 6.50. The van der Waals surface area contributed by atoms with E-state index >= 15 is 0 Å². The largest absolute Gasteiger partial charge is 0.444 e. The van der Waals surface area contributed by atoms with Gasteiger partial charge in [0.2, 0.25) is 16.9 Å². The second kappa shape index (κ2) is 8.41. The number of oxazole rings is 1. The summed E-state index contributed by atoms with van der Waals surface area (Å²) in [6.45, 7) is 8.09. The van der Waals surface area contributed by atoms with E-state index in [-0.39, 0.29) is 17.2 Å². The molecular formula is C17H23BrN4O2S2. The highest BCUT2D eigenvalue weighted by Crippen LogP contribution is 2.35. The monoisotopic (exact) mass is 458 g/mol. The van der Waals surface area contributed by atoms with E-state index in [0.717, 1.165) is 35.9 Å². The maximum absolute atomic E-state index is 12.6. The Morgan fingerprint density at radius 3 is 2.77 bits per heavy atom. The van der Waals surface area contributed by atoms with Crippen LogP contribution in [0.25, 0.3) is 0 Å². The smallest absolute Gasteiger partial charge is 0.242 e. The van der Waals surface area contributed by atoms with Gasteiger partial charge in [0.25, 0.3) is 0 Å². The molecule has 1 aliphatic heterocycles. The molecule has 1 amide bonds. The summed E-state index contributed by atoms with van der Waals surface area (Å²) in [7, 11) is 0. The standard InChI is InChI=1S/C17H23BrN4O2S2/c1-17(2,3)12-8-20-13(24-12)10-25-14-9-21-16(26-14)22(18)15(23)11-4-6-19-7-5-11/h8-9,11,19H,4-7,10H2,1-3H3. The molecule has 0 aromatic carbocycles. The van der Waals surface area contributed by atoms with Gasteiger partial charge in [0.05, 0.1) is 38.5 Å². The number of amides is 1. The molecule has 0 spiro atoms. The molecule has 0 radical (unpaired) electrons. The fraction of sp³-hybridized carbons (Fsp3) is 0.588. The SMILES string of the molecule is CC(C)(C)c1cnc(CSc2cnc(N(Br)C(=O)C3CCNCC3)s2)o1. The predicted molar refractivity (Wildman–Crippen MR) is 109 cm³/mol. The second-order valence-corrected chi connectivity index (χ2v) is 10.3. The molecule has 0 aliphatic carbocycles. The van der Waals surface area contributed by atoms with Crippen molar-refractivity contribution >= 4 is 50.3 Å². The lowest BCUT2D eigenvalue weighted by atomic mass is 9.94. The van der Waals surface area contributed by atoms with E-state index in [9.17, 15) is 4.79 Å². The summed E-state index contributed by atoms with van der Waals surface area (Å²) in [5, 5.41) is 3.94. The van der Waals surface area contributed by atoms with Crippen LogP contribution >= 0.6 is 39.2 Å². The Kier molecular flexibility index (Phi) is 6.42. The second-order valence-electron chi connectivity index (χ2n) is 7.26. The van der Waals surface area contributed by atoms with Gasteiger partial charge in [-0.2, -0.15) is 0 Å². The summed E-state index contributed by atoms with van der Waals surface area (Å²) in [6.07, 6.45) is 5.33. The van der Waals surface area contributed by atoms with Crippen molar-refractivity contribution in [2.45, 2.75) is 49.0 Å². The topological polar surface area (TPSA) is 71.3 Å². The molecule has 9 heteroatoms. The highest BCUT2D eigenvalue weighted by molar-refractivity contribution is 9.10. The first-order valence-corrected chi connectivity index (χ1v) is 11.1. The molecule has 6 nitrogen and oxygen atoms in total. The van der Waals surface area contributed by atoms with Crippen LogP contribution in [-0.4, -0.2) is 29.0 Å². The number of thiazole rings is 1. The number of nitrogens with zero attached hydrogens (tertiary/aromatic N) is 3. The summed E-state index contributed by atoms with van der Waals surface area (Å²) < 4.78 is 8.35. The molecule has 0 saturated carbocycles. The van der Waals surface area contributed by atoms with Gasteiger partial charge in [0.1, 0.15) is 5.76 Å². The summed E-state index contributed by atoms with van der Waals surface area (Å²) in [5.41, 5.74) is -0.0426. The van der Waals surface area contributed by atoms with Crippen LogP contribution < -0.4 is 9.24 Å². The van der Waals surface area contributed by atoms with Gasteiger partial charge in [0, 0.05) is 11.3 Å². The van der Waals surface area contributed by atoms with Gasteiger partial charge in [-0.3, -0.25) is 4.79 Å². The summed E-state index contributed by atoms with van der Waals surface area (Å²) in [5.74, 6) is 2.37. The highest BCUT2D eigenvalue weighted by atomic mass is 79.9. The number of thioether (sulfide) groups is 1. The third kappa shape index (κ3) is 4.88. The number of carbonyl (C=O) groups is 1. The van der Waals surface area contributed by atoms with Crippen LogP contribution in [0.2, 0.25) is 0 Å². The van der Waals surface area contributed by atoms with Crippen molar-refractivity contribution in [3.8, 4) is 0 Å². The zero-order valence-corrected chi connectivity index (χ0v) is 18.3. The van der Waals surface area contributed by atoms with Gasteiger partial charge in [0.15, 0.2) is 0 Å². The van der Waals surface area contributed by atoms with Crippen molar-refractivity contribution in [3.05, 3.63) is 24.0 Å². The maximum atomic E-state index is 12.6. The Labute approximate surface area is 170 Å². The molecule has 3 rings (SSSR count). The first kappa shape index (κ1) is 19.9. The van der Waals surface area contributed by atoms with Gasteiger partial charge >= 0.3 is 0 Å². The molecule has 0 atom stereocenters. The molecule has 1 fully saturated rings. The molecule has 0 bridgehead atoms. The van der Waals surface area contributed by atoms with Crippen LogP contribution in [0.4, 0.5) is 5.13 Å². The zero-order chi connectivity index (χ0) is 18.7. The number of hydrogen-bond donors (Lipinski definition) is 1. The number of nitrogens with one attached hydrogen (secondary N) is 1. The van der Waals surface area contributed by atoms with Gasteiger partial charge in [-0.15, -0.1) is 11.8 Å². The van der Waals surface area contributed by atoms with Crippen molar-refractivity contribution in [1.82, 2.24) is 15.3 Å². The van der Waals surface area contributed by atoms with Gasteiger partial charge in [-0.05, 0) is 25.9 Å². The normalized spacial score (nSPS) is 16.0. The number of anilines is 1. The molecule has 3 heterocycles. The fourth-order valence-corrected chi connectivity index (χ4v) is 4.91. The van der Waals surface area contributed by atoms with Crippen molar-refractivity contribution in [2.24, 2.45) is 5.92 Å². The lowest BCUT2D eigenvalue weighted by Gasteiger charge is -2.24. The predicted octanol–water partition coefficient (Wildman–Crippen LogP) is 4.36. The Hall–Kier alpha value is -0.900. The Bertz CT molecular complexity index is 750. The van der Waals surface area contributed by atoms with Crippen molar-refractivity contribution in [1.29, 1.82) is 0 Å². The maximum Gasteiger partial charge on any atom is 0.242 e. The number of rotatable bonds is 5. The summed E-state index contributed by atoms with van der Waals surface area (Å²) in [6, 6.07) is 0. The number of aromatic nitrogens is 2. The number of halogens is 1. The van der Waals surface area contributed by atoms with Gasteiger partial charge in [-0.1, -0.05) is 32.1 Å². The lowest BCUT2D eigenvalue weighted by Crippen LogP contribution is -2.37. The molecule has 1 aliphatic rings. The van der Waals surface area contributed by atoms with Crippen LogP contribution in [0.1, 0.15) is 45.3 Å². The average molecular weight is 459 g/mol. The molecule has 0 unspecified atom stereocenters. The van der Waals surface area contributed by atoms with E-state index in [4.69, 9.17) is 4.42 Å². The molecule has 2 aromatic heterocycles. The lowest BCUT2D eigenvalue weighted by molar-refractivity contribution is -0.121. The third-order valence-electron chi connectivity index (χ3n) is 4.15. The Morgan fingerprint density at radius 2 is 2.12 bits per heavy atom. The Balaban J connectivity index is 1.57. The fourth-order valence-electron chi connectivity index (χ4n) is 2.59. The molecule has 2 aromatic rings. The van der Waals surface area contributed by atoms with E-state index < -0.39 is 0 Å². The van der Waals surface area contributed by atoms with Gasteiger partial charge in [-0.25, -0.2) is 13.9 Å². The van der Waals surface area contributed by atoms with Crippen molar-refractivity contribution in [2.75, 3.05) is 17.0 Å². The zero-order valence-electron chi connectivity index (χ0n) is 15.1. The number of carbonyl (C=O) groups excluding carboxylic acids is 1. The van der Waals surface area contributed by atoms with Gasteiger partial charge < -0.3 is 9.73 Å². The molecule has 26 heavy (non-hydrogen) atoms. The van der Waals surface area contributed by atoms with Crippen LogP contribution in [0.3, 0.4) is 0 Å². The van der Waals surface area contributed by atoms with Crippen molar-refractivity contribution in [3.63, 3.8) is 0 Å². The minimum Gasteiger partial charge on any atom is -0.444 e. The van der Waals surface area contributed by atoms with Crippen LogP contribution in [0.15, 0.2) is 21.0 Å². The van der Waals surface area contributed by atoms with E-state index in [1.54, 1.807) is 24.2 Å². The number of piperidine rings is 1. The average Bonchev–Trinajstić information content (AvgIpc) is 3.28. The Morgan fingerprint density at radius 1 is 1.38 bits per heavy atom. The highest BCUT2D eigenvalue weighted by Gasteiger charge is 2.27. The van der Waals surface area contributed by atoms with Crippen LogP contribution in [-0.2, 0) is 16.0 Å². The third-order valence-corrected chi connectivity index (χ3v) is 7.23. The minimum absolute atomic E-state index is 0.0426. The van der Waals surface area contributed by atoms with E-state index in [0.29, 0.717) is 16.8 Å². The molecule has 1 N–H and O–H groups in total. The first-order chi connectivity index (χ1) is 12.3. The van der Waals surface area contributed by atoms with E-state index in [2.05, 4.69) is 52.2 Å². The summed E-state index contributed by atoms with van der Waals surface area (Å²) in [4.78, 5) is 21.3. The molecular weight excluding hydrogens is 436 g/mol. The van der Waals surface area contributed by atoms with Crippen LogP contribution in [0.5, 0.6) is 0 Å². The quantitative estimate of drug-likeness (QED) is 0.529. The molecule has 142 valence electrons. The molecule has 1 saturated heterocycles. The first-order valence-electron chi connectivity index (χ1n) is 8.59. The van der Waals surface area contributed by atoms with E-state index in [1.807, 2.05) is 0 Å². The number of hydrogen-bond acceptors (Lipinski definition) is 7. The van der Waals surface area contributed by atoms with Crippen molar-refractivity contribution < 1.29 is 9.21 Å². The van der Waals surface area contributed by atoms with Crippen LogP contribution in [0, 0.1) is 5.92 Å².